The van der Waals surface area contributed by atoms with Gasteiger partial charge in [0, 0.05) is 22.4 Å². The molecule has 2 nitrogen and oxygen atoms in total. The summed E-state index contributed by atoms with van der Waals surface area (Å²) in [6.45, 7) is 0. The minimum atomic E-state index is -0.271. The van der Waals surface area contributed by atoms with Crippen molar-refractivity contribution in [1.82, 2.24) is 4.57 Å². The molecule has 0 amide bonds. The number of rotatable bonds is 1. The van der Waals surface area contributed by atoms with Crippen molar-refractivity contribution in [3.05, 3.63) is 34.4 Å². The third-order valence-electron chi connectivity index (χ3n) is 3.92. The fraction of sp³-hybridized carbons (Fsp3) is 0.357. The van der Waals surface area contributed by atoms with Gasteiger partial charge >= 0.3 is 0 Å². The molecule has 0 aliphatic heterocycles. The van der Waals surface area contributed by atoms with Crippen molar-refractivity contribution in [2.45, 2.75) is 24.7 Å². The molecule has 1 aliphatic carbocycles. The molecule has 0 N–H and O–H groups in total. The molecule has 1 aromatic heterocycles. The average molecular weight is 289 g/mol. The molecule has 0 bridgehead atoms. The number of aromatic nitrogens is 1. The lowest BCUT2D eigenvalue weighted by molar-refractivity contribution is 0.309. The molecule has 1 saturated carbocycles. The highest BCUT2D eigenvalue weighted by Crippen LogP contribution is 2.48. The number of hydrogen-bond acceptors (Lipinski definition) is 1. The van der Waals surface area contributed by atoms with E-state index in [2.05, 4.69) is 45.7 Å². The zero-order valence-electron chi connectivity index (χ0n) is 9.70. The number of hydrogen-bond donors (Lipinski definition) is 0. The largest absolute Gasteiger partial charge is 0.345 e. The van der Waals surface area contributed by atoms with Gasteiger partial charge in [0.25, 0.3) is 0 Å². The van der Waals surface area contributed by atoms with E-state index in [1.807, 2.05) is 12.1 Å². The minimum Gasteiger partial charge on any atom is -0.345 e. The van der Waals surface area contributed by atoms with Crippen LogP contribution in [0.4, 0.5) is 0 Å². The number of halogens is 1. The SMILES string of the molecule is Cn1c(C2(C#N)CCC2)c(Br)c2ccccc21. The molecule has 0 radical (unpaired) electrons. The molecule has 0 atom stereocenters. The van der Waals surface area contributed by atoms with Gasteiger partial charge in [0.1, 0.15) is 0 Å². The predicted molar refractivity (Wildman–Crippen MR) is 71.8 cm³/mol. The molecule has 0 spiro atoms. The molecule has 86 valence electrons. The van der Waals surface area contributed by atoms with Gasteiger partial charge in [-0.2, -0.15) is 5.26 Å². The summed E-state index contributed by atoms with van der Waals surface area (Å²) in [5.74, 6) is 0. The molecular formula is C14H13BrN2. The summed E-state index contributed by atoms with van der Waals surface area (Å²) in [4.78, 5) is 0. The highest BCUT2D eigenvalue weighted by Gasteiger charge is 2.43. The van der Waals surface area contributed by atoms with Crippen LogP contribution >= 0.6 is 15.9 Å². The lowest BCUT2D eigenvalue weighted by atomic mass is 9.67. The van der Waals surface area contributed by atoms with Crippen LogP contribution in [0.5, 0.6) is 0 Å². The molecule has 17 heavy (non-hydrogen) atoms. The van der Waals surface area contributed by atoms with Crippen LogP contribution in [0.3, 0.4) is 0 Å². The van der Waals surface area contributed by atoms with E-state index in [0.29, 0.717) is 0 Å². The fourth-order valence-corrected chi connectivity index (χ4v) is 3.79. The summed E-state index contributed by atoms with van der Waals surface area (Å²) in [5.41, 5.74) is 2.07. The van der Waals surface area contributed by atoms with Crippen LogP contribution in [0.2, 0.25) is 0 Å². The summed E-state index contributed by atoms with van der Waals surface area (Å²) < 4.78 is 3.26. The first-order valence-electron chi connectivity index (χ1n) is 5.84. The van der Waals surface area contributed by atoms with Gasteiger partial charge in [0.15, 0.2) is 0 Å². The van der Waals surface area contributed by atoms with Gasteiger partial charge in [-0.1, -0.05) is 18.2 Å². The van der Waals surface area contributed by atoms with E-state index >= 15 is 0 Å². The van der Waals surface area contributed by atoms with Crippen molar-refractivity contribution in [2.75, 3.05) is 0 Å². The lowest BCUT2D eigenvalue weighted by Crippen LogP contribution is -2.34. The lowest BCUT2D eigenvalue weighted by Gasteiger charge is -2.36. The van der Waals surface area contributed by atoms with Gasteiger partial charge in [0.05, 0.1) is 17.2 Å². The van der Waals surface area contributed by atoms with Crippen molar-refractivity contribution in [3.8, 4) is 6.07 Å². The number of fused-ring (bicyclic) bond motifs is 1. The monoisotopic (exact) mass is 288 g/mol. The second-order valence-electron chi connectivity index (χ2n) is 4.79. The van der Waals surface area contributed by atoms with E-state index in [4.69, 9.17) is 0 Å². The van der Waals surface area contributed by atoms with Crippen LogP contribution in [0.25, 0.3) is 10.9 Å². The Labute approximate surface area is 109 Å². The molecule has 3 heteroatoms. The Hall–Kier alpha value is -1.27. The Morgan fingerprint density at radius 1 is 1.35 bits per heavy atom. The van der Waals surface area contributed by atoms with Crippen LogP contribution in [0.1, 0.15) is 25.0 Å². The molecule has 0 unspecified atom stereocenters. The smallest absolute Gasteiger partial charge is 0.0984 e. The Morgan fingerprint density at radius 3 is 2.59 bits per heavy atom. The van der Waals surface area contributed by atoms with Crippen molar-refractivity contribution in [2.24, 2.45) is 7.05 Å². The molecule has 3 rings (SSSR count). The van der Waals surface area contributed by atoms with Gasteiger partial charge in [-0.15, -0.1) is 0 Å². The van der Waals surface area contributed by atoms with Gasteiger partial charge in [0.2, 0.25) is 0 Å². The van der Waals surface area contributed by atoms with Gasteiger partial charge < -0.3 is 4.57 Å². The maximum absolute atomic E-state index is 9.48. The Bertz CT molecular complexity index is 590. The van der Waals surface area contributed by atoms with E-state index < -0.39 is 0 Å². The topological polar surface area (TPSA) is 28.7 Å². The summed E-state index contributed by atoms with van der Waals surface area (Å²) >= 11 is 3.68. The Kier molecular flexibility index (Phi) is 2.31. The third kappa shape index (κ3) is 1.31. The standard InChI is InChI=1S/C14H13BrN2/c1-17-11-6-3-2-5-10(11)12(15)13(17)14(9-16)7-4-8-14/h2-3,5-6H,4,7-8H2,1H3. The highest BCUT2D eigenvalue weighted by atomic mass is 79.9. The van der Waals surface area contributed by atoms with Crippen molar-refractivity contribution >= 4 is 26.8 Å². The first-order valence-corrected chi connectivity index (χ1v) is 6.63. The maximum Gasteiger partial charge on any atom is 0.0984 e. The van der Waals surface area contributed by atoms with E-state index in [0.717, 1.165) is 29.4 Å². The third-order valence-corrected chi connectivity index (χ3v) is 4.72. The van der Waals surface area contributed by atoms with Gasteiger partial charge in [-0.25, -0.2) is 0 Å². The second-order valence-corrected chi connectivity index (χ2v) is 5.58. The molecule has 1 fully saturated rings. The number of para-hydroxylation sites is 1. The molecule has 0 saturated heterocycles. The maximum atomic E-state index is 9.48. The molecular weight excluding hydrogens is 276 g/mol. The molecule has 1 aromatic carbocycles. The summed E-state index contributed by atoms with van der Waals surface area (Å²) in [6.07, 6.45) is 3.11. The molecule has 2 aromatic rings. The van der Waals surface area contributed by atoms with Crippen LogP contribution in [-0.2, 0) is 12.5 Å². The quantitative estimate of drug-likeness (QED) is 0.783. The van der Waals surface area contributed by atoms with Crippen molar-refractivity contribution in [1.29, 1.82) is 5.26 Å². The molecule has 1 aliphatic rings. The minimum absolute atomic E-state index is 0.271. The van der Waals surface area contributed by atoms with Crippen molar-refractivity contribution in [3.63, 3.8) is 0 Å². The number of benzene rings is 1. The van der Waals surface area contributed by atoms with Gasteiger partial charge in [-0.05, 0) is 41.3 Å². The van der Waals surface area contributed by atoms with E-state index in [-0.39, 0.29) is 5.41 Å². The first-order chi connectivity index (χ1) is 8.19. The zero-order chi connectivity index (χ0) is 12.0. The first kappa shape index (κ1) is 10.9. The second kappa shape index (κ2) is 3.61. The summed E-state index contributed by atoms with van der Waals surface area (Å²) in [7, 11) is 2.06. The Morgan fingerprint density at radius 2 is 2.06 bits per heavy atom. The number of nitrogens with zero attached hydrogens (tertiary/aromatic N) is 2. The molecule has 1 heterocycles. The van der Waals surface area contributed by atoms with Crippen molar-refractivity contribution < 1.29 is 0 Å². The summed E-state index contributed by atoms with van der Waals surface area (Å²) in [5, 5.41) is 10.7. The highest BCUT2D eigenvalue weighted by molar-refractivity contribution is 9.10. The van der Waals surface area contributed by atoms with Crippen LogP contribution < -0.4 is 0 Å². The number of aryl methyl sites for hydroxylation is 1. The fourth-order valence-electron chi connectivity index (χ4n) is 2.81. The summed E-state index contributed by atoms with van der Waals surface area (Å²) in [6, 6.07) is 10.8. The predicted octanol–water partition coefficient (Wildman–Crippen LogP) is 3.89. The number of nitriles is 1. The van der Waals surface area contributed by atoms with Crippen LogP contribution in [0, 0.1) is 11.3 Å². The van der Waals surface area contributed by atoms with Crippen LogP contribution in [0.15, 0.2) is 28.7 Å². The van der Waals surface area contributed by atoms with E-state index in [9.17, 15) is 5.26 Å². The van der Waals surface area contributed by atoms with E-state index in [1.165, 1.54) is 10.9 Å². The average Bonchev–Trinajstić information content (AvgIpc) is 2.55. The zero-order valence-corrected chi connectivity index (χ0v) is 11.3. The van der Waals surface area contributed by atoms with E-state index in [1.54, 1.807) is 0 Å². The normalized spacial score (nSPS) is 17.7. The van der Waals surface area contributed by atoms with Crippen LogP contribution in [-0.4, -0.2) is 4.57 Å². The van der Waals surface area contributed by atoms with Gasteiger partial charge in [-0.3, -0.25) is 0 Å². The Balaban J connectivity index is 2.34.